The third-order valence-corrected chi connectivity index (χ3v) is 5.29. The normalized spacial score (nSPS) is 17.0. The molecule has 1 aromatic heterocycles. The molecule has 1 atom stereocenters. The van der Waals surface area contributed by atoms with Crippen molar-refractivity contribution in [3.05, 3.63) is 99.6 Å². The summed E-state index contributed by atoms with van der Waals surface area (Å²) in [5.41, 5.74) is 3.50. The number of hydrogen-bond acceptors (Lipinski definition) is 3. The zero-order chi connectivity index (χ0) is 19.0. The minimum Gasteiger partial charge on any atom is -0.503 e. The van der Waals surface area contributed by atoms with Crippen molar-refractivity contribution in [2.45, 2.75) is 19.5 Å². The van der Waals surface area contributed by atoms with E-state index in [-0.39, 0.29) is 12.3 Å². The van der Waals surface area contributed by atoms with Crippen LogP contribution in [0.3, 0.4) is 0 Å². The van der Waals surface area contributed by atoms with Crippen LogP contribution in [-0.4, -0.2) is 15.9 Å². The van der Waals surface area contributed by atoms with Gasteiger partial charge in [0.15, 0.2) is 5.76 Å². The Balaban J connectivity index is 1.82. The Hall–Kier alpha value is -2.79. The van der Waals surface area contributed by atoms with Crippen LogP contribution in [0.15, 0.2) is 81.6 Å². The molecule has 0 saturated heterocycles. The lowest BCUT2D eigenvalue weighted by Crippen LogP contribution is -2.29. The van der Waals surface area contributed by atoms with E-state index in [2.05, 4.69) is 15.9 Å². The molecular weight excluding hydrogens is 406 g/mol. The highest BCUT2D eigenvalue weighted by Crippen LogP contribution is 2.43. The van der Waals surface area contributed by atoms with Crippen molar-refractivity contribution in [2.24, 2.45) is 0 Å². The lowest BCUT2D eigenvalue weighted by molar-refractivity contribution is -0.130. The van der Waals surface area contributed by atoms with E-state index in [1.165, 1.54) is 0 Å². The first-order valence-electron chi connectivity index (χ1n) is 8.63. The maximum absolute atomic E-state index is 12.9. The van der Waals surface area contributed by atoms with Crippen LogP contribution in [-0.2, 0) is 11.3 Å². The largest absolute Gasteiger partial charge is 0.503 e. The molecule has 0 fully saturated rings. The Bertz CT molecular complexity index is 989. The molecule has 2 heterocycles. The molecule has 1 aliphatic rings. The maximum atomic E-state index is 12.9. The molecule has 0 unspecified atom stereocenters. The molecule has 1 amide bonds. The summed E-state index contributed by atoms with van der Waals surface area (Å²) in [5, 5.41) is 10.7. The van der Waals surface area contributed by atoms with Crippen molar-refractivity contribution >= 4 is 27.4 Å². The summed E-state index contributed by atoms with van der Waals surface area (Å²) in [6.07, 6.45) is 1.58. The third-order valence-electron chi connectivity index (χ3n) is 4.76. The fraction of sp³-hybridized carbons (Fsp3) is 0.136. The van der Waals surface area contributed by atoms with Crippen LogP contribution in [0, 0.1) is 6.92 Å². The molecule has 4 nitrogen and oxygen atoms in total. The SMILES string of the molecule is Cc1ccc(C2=C(O)C(=O)N(Cc3ccco3)[C@H]2c2ccc(Br)cc2)cc1. The van der Waals surface area contributed by atoms with Crippen molar-refractivity contribution in [2.75, 3.05) is 0 Å². The quantitative estimate of drug-likeness (QED) is 0.610. The summed E-state index contributed by atoms with van der Waals surface area (Å²) < 4.78 is 6.39. The number of aryl methyl sites for hydroxylation is 1. The molecule has 1 N–H and O–H groups in total. The number of rotatable bonds is 4. The number of aliphatic hydroxyl groups excluding tert-OH is 1. The molecule has 0 aliphatic carbocycles. The van der Waals surface area contributed by atoms with E-state index < -0.39 is 11.9 Å². The van der Waals surface area contributed by atoms with E-state index in [9.17, 15) is 9.90 Å². The van der Waals surface area contributed by atoms with E-state index in [1.54, 1.807) is 17.2 Å². The first kappa shape index (κ1) is 17.6. The predicted octanol–water partition coefficient (Wildman–Crippen LogP) is 5.40. The first-order chi connectivity index (χ1) is 13.0. The molecule has 136 valence electrons. The van der Waals surface area contributed by atoms with E-state index >= 15 is 0 Å². The average Bonchev–Trinajstić information content (AvgIpc) is 3.26. The lowest BCUT2D eigenvalue weighted by Gasteiger charge is -2.26. The molecule has 27 heavy (non-hydrogen) atoms. The second-order valence-electron chi connectivity index (χ2n) is 6.59. The summed E-state index contributed by atoms with van der Waals surface area (Å²) in [7, 11) is 0. The number of halogens is 1. The number of aliphatic hydroxyl groups is 1. The topological polar surface area (TPSA) is 53.7 Å². The summed E-state index contributed by atoms with van der Waals surface area (Å²) in [6, 6.07) is 18.9. The van der Waals surface area contributed by atoms with Crippen LogP contribution in [0.4, 0.5) is 0 Å². The van der Waals surface area contributed by atoms with Gasteiger partial charge in [-0.3, -0.25) is 4.79 Å². The van der Waals surface area contributed by atoms with Gasteiger partial charge < -0.3 is 14.4 Å². The summed E-state index contributed by atoms with van der Waals surface area (Å²) >= 11 is 3.45. The third kappa shape index (κ3) is 3.30. The van der Waals surface area contributed by atoms with Crippen LogP contribution >= 0.6 is 15.9 Å². The molecular formula is C22H18BrNO3. The maximum Gasteiger partial charge on any atom is 0.290 e. The van der Waals surface area contributed by atoms with Gasteiger partial charge in [-0.15, -0.1) is 0 Å². The predicted molar refractivity (Wildman–Crippen MR) is 107 cm³/mol. The lowest BCUT2D eigenvalue weighted by atomic mass is 9.93. The highest BCUT2D eigenvalue weighted by molar-refractivity contribution is 9.10. The Morgan fingerprint density at radius 3 is 2.41 bits per heavy atom. The molecule has 1 aliphatic heterocycles. The minimum absolute atomic E-state index is 0.210. The molecule has 0 saturated carbocycles. The van der Waals surface area contributed by atoms with Crippen molar-refractivity contribution < 1.29 is 14.3 Å². The van der Waals surface area contributed by atoms with E-state index in [4.69, 9.17) is 4.42 Å². The van der Waals surface area contributed by atoms with Gasteiger partial charge in [0.05, 0.1) is 18.8 Å². The monoisotopic (exact) mass is 423 g/mol. The zero-order valence-electron chi connectivity index (χ0n) is 14.7. The number of carbonyl (C=O) groups is 1. The Morgan fingerprint density at radius 1 is 1.07 bits per heavy atom. The summed E-state index contributed by atoms with van der Waals surface area (Å²) in [6.45, 7) is 2.29. The average molecular weight is 424 g/mol. The number of carbonyl (C=O) groups excluding carboxylic acids is 1. The van der Waals surface area contributed by atoms with E-state index in [1.807, 2.05) is 61.5 Å². The van der Waals surface area contributed by atoms with Crippen LogP contribution in [0.25, 0.3) is 5.57 Å². The van der Waals surface area contributed by atoms with E-state index in [0.717, 1.165) is 21.2 Å². The van der Waals surface area contributed by atoms with Gasteiger partial charge in [0.25, 0.3) is 5.91 Å². The highest BCUT2D eigenvalue weighted by atomic mass is 79.9. The Kier molecular flexibility index (Phi) is 4.62. The Morgan fingerprint density at radius 2 is 1.78 bits per heavy atom. The van der Waals surface area contributed by atoms with Crippen LogP contribution in [0.5, 0.6) is 0 Å². The molecule has 5 heteroatoms. The molecule has 0 spiro atoms. The first-order valence-corrected chi connectivity index (χ1v) is 9.43. The van der Waals surface area contributed by atoms with Gasteiger partial charge in [-0.1, -0.05) is 57.9 Å². The van der Waals surface area contributed by atoms with Gasteiger partial charge in [0, 0.05) is 10.0 Å². The van der Waals surface area contributed by atoms with Gasteiger partial charge in [-0.2, -0.15) is 0 Å². The van der Waals surface area contributed by atoms with Crippen molar-refractivity contribution in [1.82, 2.24) is 4.90 Å². The van der Waals surface area contributed by atoms with Gasteiger partial charge in [-0.05, 0) is 42.3 Å². The molecule has 0 radical (unpaired) electrons. The molecule has 0 bridgehead atoms. The second kappa shape index (κ2) is 7.08. The van der Waals surface area contributed by atoms with E-state index in [0.29, 0.717) is 11.3 Å². The number of amides is 1. The van der Waals surface area contributed by atoms with Gasteiger partial charge in [-0.25, -0.2) is 0 Å². The molecule has 2 aromatic carbocycles. The zero-order valence-corrected chi connectivity index (χ0v) is 16.3. The molecule has 4 rings (SSSR count). The summed E-state index contributed by atoms with van der Waals surface area (Å²) in [4.78, 5) is 14.5. The van der Waals surface area contributed by atoms with Crippen LogP contribution < -0.4 is 0 Å². The highest BCUT2D eigenvalue weighted by Gasteiger charge is 2.41. The minimum atomic E-state index is -0.394. The molecule has 3 aromatic rings. The Labute approximate surface area is 165 Å². The smallest absolute Gasteiger partial charge is 0.290 e. The van der Waals surface area contributed by atoms with Crippen molar-refractivity contribution in [3.63, 3.8) is 0 Å². The fourth-order valence-electron chi connectivity index (χ4n) is 3.41. The van der Waals surface area contributed by atoms with Gasteiger partial charge in [0.2, 0.25) is 0 Å². The van der Waals surface area contributed by atoms with Crippen LogP contribution in [0.1, 0.15) is 28.5 Å². The van der Waals surface area contributed by atoms with Gasteiger partial charge in [0.1, 0.15) is 5.76 Å². The van der Waals surface area contributed by atoms with Crippen molar-refractivity contribution in [3.8, 4) is 0 Å². The fourth-order valence-corrected chi connectivity index (χ4v) is 3.67. The van der Waals surface area contributed by atoms with Crippen LogP contribution in [0.2, 0.25) is 0 Å². The number of furan rings is 1. The number of benzene rings is 2. The van der Waals surface area contributed by atoms with Gasteiger partial charge >= 0.3 is 0 Å². The number of hydrogen-bond donors (Lipinski definition) is 1. The standard InChI is InChI=1S/C22H18BrNO3/c1-14-4-6-15(7-5-14)19-20(16-8-10-17(23)11-9-16)24(22(26)21(19)25)13-18-3-2-12-27-18/h2-12,20,25H,13H2,1H3/t20-/m0/s1. The summed E-state index contributed by atoms with van der Waals surface area (Å²) in [5.74, 6) is 0.0663. The van der Waals surface area contributed by atoms with Crippen molar-refractivity contribution in [1.29, 1.82) is 0 Å². The number of nitrogens with zero attached hydrogens (tertiary/aromatic N) is 1. The second-order valence-corrected chi connectivity index (χ2v) is 7.51.